The molecule has 0 fully saturated rings. The van der Waals surface area contributed by atoms with Crippen molar-refractivity contribution in [1.82, 2.24) is 14.6 Å². The molecule has 0 unspecified atom stereocenters. The zero-order valence-electron chi connectivity index (χ0n) is 10.4. The van der Waals surface area contributed by atoms with E-state index in [-0.39, 0.29) is 0 Å². The van der Waals surface area contributed by atoms with E-state index in [1.54, 1.807) is 17.5 Å². The van der Waals surface area contributed by atoms with Crippen molar-refractivity contribution in [2.45, 2.75) is 13.3 Å². The Hall–Kier alpha value is -1.40. The van der Waals surface area contributed by atoms with E-state index in [1.807, 2.05) is 23.7 Å². The van der Waals surface area contributed by atoms with Gasteiger partial charge in [0.2, 0.25) is 0 Å². The number of rotatable bonds is 4. The third-order valence-electron chi connectivity index (χ3n) is 2.80. The van der Waals surface area contributed by atoms with Gasteiger partial charge in [-0.05, 0) is 47.5 Å². The van der Waals surface area contributed by atoms with Crippen LogP contribution in [0.3, 0.4) is 0 Å². The Labute approximate surface area is 123 Å². The van der Waals surface area contributed by atoms with Gasteiger partial charge in [-0.25, -0.2) is 9.50 Å². The van der Waals surface area contributed by atoms with Gasteiger partial charge in [-0.15, -0.1) is 11.3 Å². The van der Waals surface area contributed by atoms with Crippen LogP contribution in [0.25, 0.3) is 5.52 Å². The van der Waals surface area contributed by atoms with Crippen LogP contribution < -0.4 is 5.32 Å². The molecule has 0 amide bonds. The molecule has 0 aliphatic carbocycles. The molecule has 3 aromatic heterocycles. The van der Waals surface area contributed by atoms with Gasteiger partial charge in [0, 0.05) is 23.8 Å². The van der Waals surface area contributed by atoms with E-state index in [9.17, 15) is 0 Å². The number of aryl methyl sites for hydroxylation is 1. The lowest BCUT2D eigenvalue weighted by molar-refractivity contribution is 0.918. The Kier molecular flexibility index (Phi) is 3.52. The molecule has 19 heavy (non-hydrogen) atoms. The van der Waals surface area contributed by atoms with Crippen LogP contribution in [-0.2, 0) is 6.42 Å². The lowest BCUT2D eigenvalue weighted by Crippen LogP contribution is -2.06. The molecule has 0 aromatic carbocycles. The Balaban J connectivity index is 1.71. The average Bonchev–Trinajstić information content (AvgIpc) is 2.95. The third-order valence-corrected chi connectivity index (χ3v) is 4.49. The Morgan fingerprint density at radius 1 is 1.42 bits per heavy atom. The fraction of sp³-hybridized carbons (Fsp3) is 0.231. The standard InChI is InChI=1S/C13H13BrN4S/c1-9-8-11-13(16-6-7-18(11)17-9)15-5-4-10-2-3-12(14)19-10/h2-3,6-8H,4-5H2,1H3,(H,15,16). The zero-order chi connectivity index (χ0) is 13.2. The van der Waals surface area contributed by atoms with Crippen LogP contribution in [0.15, 0.2) is 34.4 Å². The zero-order valence-corrected chi connectivity index (χ0v) is 12.8. The van der Waals surface area contributed by atoms with Crippen LogP contribution >= 0.6 is 27.3 Å². The molecule has 0 atom stereocenters. The molecule has 0 bridgehead atoms. The van der Waals surface area contributed by atoms with Crippen molar-refractivity contribution < 1.29 is 0 Å². The van der Waals surface area contributed by atoms with Crippen LogP contribution in [0.2, 0.25) is 0 Å². The number of hydrogen-bond acceptors (Lipinski definition) is 4. The smallest absolute Gasteiger partial charge is 0.152 e. The molecule has 0 saturated carbocycles. The molecule has 6 heteroatoms. The summed E-state index contributed by atoms with van der Waals surface area (Å²) in [6, 6.07) is 6.27. The normalized spacial score (nSPS) is 11.1. The molecular formula is C13H13BrN4S. The molecule has 3 aromatic rings. The Morgan fingerprint density at radius 3 is 3.11 bits per heavy atom. The molecule has 0 spiro atoms. The summed E-state index contributed by atoms with van der Waals surface area (Å²) in [5, 5.41) is 7.75. The molecule has 0 radical (unpaired) electrons. The molecule has 0 aliphatic heterocycles. The summed E-state index contributed by atoms with van der Waals surface area (Å²) in [6.45, 7) is 2.85. The summed E-state index contributed by atoms with van der Waals surface area (Å²) in [4.78, 5) is 5.74. The van der Waals surface area contributed by atoms with E-state index >= 15 is 0 Å². The lowest BCUT2D eigenvalue weighted by Gasteiger charge is -2.05. The molecule has 98 valence electrons. The van der Waals surface area contributed by atoms with Crippen molar-refractivity contribution in [3.05, 3.63) is 45.0 Å². The fourth-order valence-corrected chi connectivity index (χ4v) is 3.45. The number of nitrogens with zero attached hydrogens (tertiary/aromatic N) is 3. The number of anilines is 1. The topological polar surface area (TPSA) is 42.2 Å². The van der Waals surface area contributed by atoms with E-state index in [0.717, 1.165) is 30.0 Å². The highest BCUT2D eigenvalue weighted by atomic mass is 79.9. The third kappa shape index (κ3) is 2.79. The minimum Gasteiger partial charge on any atom is -0.368 e. The second-order valence-corrected chi connectivity index (χ2v) is 6.82. The van der Waals surface area contributed by atoms with Crippen molar-refractivity contribution in [3.63, 3.8) is 0 Å². The molecule has 1 N–H and O–H groups in total. The molecule has 3 rings (SSSR count). The molecule has 0 aliphatic rings. The molecular weight excluding hydrogens is 324 g/mol. The second kappa shape index (κ2) is 5.30. The van der Waals surface area contributed by atoms with Crippen molar-refractivity contribution in [2.24, 2.45) is 0 Å². The maximum Gasteiger partial charge on any atom is 0.152 e. The van der Waals surface area contributed by atoms with Gasteiger partial charge in [-0.3, -0.25) is 0 Å². The summed E-state index contributed by atoms with van der Waals surface area (Å²) in [5.41, 5.74) is 2.02. The van der Waals surface area contributed by atoms with Gasteiger partial charge in [-0.2, -0.15) is 5.10 Å². The van der Waals surface area contributed by atoms with Gasteiger partial charge >= 0.3 is 0 Å². The summed E-state index contributed by atoms with van der Waals surface area (Å²) in [7, 11) is 0. The SMILES string of the molecule is Cc1cc2c(NCCc3ccc(Br)s3)nccn2n1. The summed E-state index contributed by atoms with van der Waals surface area (Å²) >= 11 is 5.25. The van der Waals surface area contributed by atoms with E-state index in [1.165, 1.54) is 8.66 Å². The van der Waals surface area contributed by atoms with E-state index in [2.05, 4.69) is 43.5 Å². The second-order valence-electron chi connectivity index (χ2n) is 4.27. The van der Waals surface area contributed by atoms with Crippen LogP contribution in [0, 0.1) is 6.92 Å². The number of hydrogen-bond donors (Lipinski definition) is 1. The van der Waals surface area contributed by atoms with Gasteiger partial charge in [0.05, 0.1) is 9.48 Å². The quantitative estimate of drug-likeness (QED) is 0.792. The highest BCUT2D eigenvalue weighted by molar-refractivity contribution is 9.11. The minimum absolute atomic E-state index is 0.865. The summed E-state index contributed by atoms with van der Waals surface area (Å²) in [5.74, 6) is 0.888. The van der Waals surface area contributed by atoms with Crippen molar-refractivity contribution >= 4 is 38.6 Å². The molecule has 0 saturated heterocycles. The van der Waals surface area contributed by atoms with Crippen molar-refractivity contribution in [2.75, 3.05) is 11.9 Å². The number of nitrogens with one attached hydrogen (secondary N) is 1. The first-order valence-electron chi connectivity index (χ1n) is 6.01. The first-order chi connectivity index (χ1) is 9.22. The average molecular weight is 337 g/mol. The van der Waals surface area contributed by atoms with Gasteiger partial charge < -0.3 is 5.32 Å². The summed E-state index contributed by atoms with van der Waals surface area (Å²) < 4.78 is 3.03. The maximum absolute atomic E-state index is 4.38. The number of aromatic nitrogens is 3. The first kappa shape index (κ1) is 12.6. The Bertz CT molecular complexity index is 704. The highest BCUT2D eigenvalue weighted by Gasteiger charge is 2.05. The van der Waals surface area contributed by atoms with Crippen LogP contribution in [0.5, 0.6) is 0 Å². The van der Waals surface area contributed by atoms with Crippen molar-refractivity contribution in [1.29, 1.82) is 0 Å². The largest absolute Gasteiger partial charge is 0.368 e. The predicted molar refractivity (Wildman–Crippen MR) is 81.9 cm³/mol. The van der Waals surface area contributed by atoms with Crippen LogP contribution in [0.1, 0.15) is 10.6 Å². The highest BCUT2D eigenvalue weighted by Crippen LogP contribution is 2.22. The number of thiophene rings is 1. The van der Waals surface area contributed by atoms with E-state index < -0.39 is 0 Å². The van der Waals surface area contributed by atoms with Crippen LogP contribution in [0.4, 0.5) is 5.82 Å². The van der Waals surface area contributed by atoms with E-state index in [0.29, 0.717) is 0 Å². The molecule has 3 heterocycles. The monoisotopic (exact) mass is 336 g/mol. The first-order valence-corrected chi connectivity index (χ1v) is 7.62. The van der Waals surface area contributed by atoms with Crippen LogP contribution in [-0.4, -0.2) is 21.1 Å². The van der Waals surface area contributed by atoms with Crippen molar-refractivity contribution in [3.8, 4) is 0 Å². The van der Waals surface area contributed by atoms with Gasteiger partial charge in [0.25, 0.3) is 0 Å². The Morgan fingerprint density at radius 2 is 2.32 bits per heavy atom. The van der Waals surface area contributed by atoms with E-state index in [4.69, 9.17) is 0 Å². The minimum atomic E-state index is 0.865. The van der Waals surface area contributed by atoms with Gasteiger partial charge in [-0.1, -0.05) is 0 Å². The predicted octanol–water partition coefficient (Wildman–Crippen LogP) is 3.52. The lowest BCUT2D eigenvalue weighted by atomic mass is 10.3. The maximum atomic E-state index is 4.38. The fourth-order valence-electron chi connectivity index (χ4n) is 1.97. The number of fused-ring (bicyclic) bond motifs is 1. The summed E-state index contributed by atoms with van der Waals surface area (Å²) in [6.07, 6.45) is 4.62. The van der Waals surface area contributed by atoms with Gasteiger partial charge in [0.15, 0.2) is 5.82 Å². The van der Waals surface area contributed by atoms with Gasteiger partial charge in [0.1, 0.15) is 5.52 Å². The molecule has 4 nitrogen and oxygen atoms in total. The number of halogens is 1.